The fourth-order valence-corrected chi connectivity index (χ4v) is 2.76. The van der Waals surface area contributed by atoms with Gasteiger partial charge in [0.1, 0.15) is 28.0 Å². The number of hydrogen-bond acceptors (Lipinski definition) is 3. The first-order chi connectivity index (χ1) is 9.52. The molecule has 0 amide bonds. The zero-order valence-electron chi connectivity index (χ0n) is 10.7. The van der Waals surface area contributed by atoms with E-state index in [0.717, 1.165) is 10.0 Å². The number of nitriles is 1. The molecule has 0 saturated heterocycles. The first-order valence-corrected chi connectivity index (χ1v) is 6.88. The van der Waals surface area contributed by atoms with Crippen molar-refractivity contribution in [3.63, 3.8) is 0 Å². The second-order valence-corrected chi connectivity index (χ2v) is 5.89. The minimum absolute atomic E-state index is 0.290. The Hall–Kier alpha value is -1.87. The van der Waals surface area contributed by atoms with Crippen molar-refractivity contribution in [2.75, 3.05) is 6.61 Å². The quantitative estimate of drug-likeness (QED) is 0.802. The van der Waals surface area contributed by atoms with Crippen LogP contribution in [0, 0.1) is 22.6 Å². The van der Waals surface area contributed by atoms with Crippen LogP contribution in [-0.4, -0.2) is 16.4 Å². The van der Waals surface area contributed by atoms with E-state index in [4.69, 9.17) is 4.74 Å². The minimum Gasteiger partial charge on any atom is -0.475 e. The van der Waals surface area contributed by atoms with Gasteiger partial charge in [0, 0.05) is 5.56 Å². The molecule has 102 valence electrons. The summed E-state index contributed by atoms with van der Waals surface area (Å²) in [6.07, 6.45) is 0. The van der Waals surface area contributed by atoms with Crippen molar-refractivity contribution in [2.45, 2.75) is 13.5 Å². The molecule has 0 bridgehead atoms. The number of hydrogen-bond donors (Lipinski definition) is 0. The van der Waals surface area contributed by atoms with Gasteiger partial charge < -0.3 is 4.74 Å². The van der Waals surface area contributed by atoms with Gasteiger partial charge in [-0.05, 0) is 47.1 Å². The zero-order valence-corrected chi connectivity index (χ0v) is 12.3. The Labute approximate surface area is 123 Å². The molecule has 1 aromatic carbocycles. The average molecular weight is 336 g/mol. The van der Waals surface area contributed by atoms with E-state index in [9.17, 15) is 9.65 Å². The molecule has 2 heterocycles. The van der Waals surface area contributed by atoms with Crippen LogP contribution in [0.2, 0.25) is 0 Å². The Kier molecular flexibility index (Phi) is 3.02. The Balaban J connectivity index is 2.04. The van der Waals surface area contributed by atoms with Crippen molar-refractivity contribution in [2.24, 2.45) is 5.41 Å². The van der Waals surface area contributed by atoms with Crippen LogP contribution in [0.1, 0.15) is 6.92 Å². The van der Waals surface area contributed by atoms with Gasteiger partial charge in [-0.15, -0.1) is 0 Å². The van der Waals surface area contributed by atoms with Crippen LogP contribution in [0.3, 0.4) is 0 Å². The molecule has 1 atom stereocenters. The lowest BCUT2D eigenvalue weighted by atomic mass is 9.93. The maximum absolute atomic E-state index is 13.0. The van der Waals surface area contributed by atoms with Gasteiger partial charge in [-0.25, -0.2) is 9.07 Å². The van der Waals surface area contributed by atoms with Gasteiger partial charge in [0.2, 0.25) is 5.88 Å². The standard InChI is InChI=1S/C14H11BrFN3O/c1-14(6-17)7-19-13(20-8-14)11(15)12(18-19)9-2-4-10(16)5-3-9/h2-5H,7-8H2,1H3. The first-order valence-electron chi connectivity index (χ1n) is 6.09. The van der Waals surface area contributed by atoms with Gasteiger partial charge >= 0.3 is 0 Å². The molecule has 0 fully saturated rings. The topological polar surface area (TPSA) is 50.8 Å². The van der Waals surface area contributed by atoms with E-state index in [1.807, 2.05) is 6.92 Å². The van der Waals surface area contributed by atoms with Crippen LogP contribution in [0.25, 0.3) is 11.3 Å². The number of fused-ring (bicyclic) bond motifs is 1. The number of aromatic nitrogens is 2. The SMILES string of the molecule is CC1(C#N)COc2c(Br)c(-c3ccc(F)cc3)nn2C1. The predicted molar refractivity (Wildman–Crippen MR) is 74.5 cm³/mol. The Morgan fingerprint density at radius 1 is 1.45 bits per heavy atom. The van der Waals surface area contributed by atoms with Crippen molar-refractivity contribution in [3.05, 3.63) is 34.6 Å². The minimum atomic E-state index is -0.585. The highest BCUT2D eigenvalue weighted by Crippen LogP contribution is 2.39. The van der Waals surface area contributed by atoms with Crippen LogP contribution < -0.4 is 4.74 Å². The molecular formula is C14H11BrFN3O. The molecule has 2 aromatic rings. The van der Waals surface area contributed by atoms with Gasteiger partial charge in [0.05, 0.1) is 12.6 Å². The maximum Gasteiger partial charge on any atom is 0.227 e. The summed E-state index contributed by atoms with van der Waals surface area (Å²) in [5.41, 5.74) is 0.892. The number of nitrogens with zero attached hydrogens (tertiary/aromatic N) is 3. The van der Waals surface area contributed by atoms with Crippen molar-refractivity contribution in [3.8, 4) is 23.2 Å². The van der Waals surface area contributed by atoms with Crippen LogP contribution in [0.15, 0.2) is 28.7 Å². The van der Waals surface area contributed by atoms with Crippen molar-refractivity contribution < 1.29 is 9.13 Å². The normalized spacial score (nSPS) is 20.9. The van der Waals surface area contributed by atoms with Crippen LogP contribution in [-0.2, 0) is 6.54 Å². The van der Waals surface area contributed by atoms with E-state index in [-0.39, 0.29) is 5.82 Å². The van der Waals surface area contributed by atoms with Gasteiger partial charge in [0.15, 0.2) is 0 Å². The van der Waals surface area contributed by atoms with Crippen LogP contribution in [0.4, 0.5) is 4.39 Å². The molecule has 1 unspecified atom stereocenters. The van der Waals surface area contributed by atoms with Crippen LogP contribution in [0.5, 0.6) is 5.88 Å². The number of benzene rings is 1. The van der Waals surface area contributed by atoms with Crippen molar-refractivity contribution in [1.82, 2.24) is 9.78 Å². The molecule has 0 spiro atoms. The third kappa shape index (κ3) is 2.08. The Morgan fingerprint density at radius 3 is 2.80 bits per heavy atom. The summed E-state index contributed by atoms with van der Waals surface area (Å²) >= 11 is 3.47. The molecule has 1 aliphatic heterocycles. The molecular weight excluding hydrogens is 325 g/mol. The van der Waals surface area contributed by atoms with E-state index in [0.29, 0.717) is 24.7 Å². The summed E-state index contributed by atoms with van der Waals surface area (Å²) in [7, 11) is 0. The highest BCUT2D eigenvalue weighted by atomic mass is 79.9. The highest BCUT2D eigenvalue weighted by molar-refractivity contribution is 9.10. The van der Waals surface area contributed by atoms with Crippen LogP contribution >= 0.6 is 15.9 Å². The molecule has 3 rings (SSSR count). The largest absolute Gasteiger partial charge is 0.475 e. The van der Waals surface area contributed by atoms with Gasteiger partial charge in [-0.1, -0.05) is 0 Å². The molecule has 1 aliphatic rings. The first kappa shape index (κ1) is 13.1. The molecule has 6 heteroatoms. The third-order valence-electron chi connectivity index (χ3n) is 3.26. The fourth-order valence-electron chi connectivity index (χ4n) is 2.13. The molecule has 0 saturated carbocycles. The lowest BCUT2D eigenvalue weighted by Gasteiger charge is -2.27. The lowest BCUT2D eigenvalue weighted by Crippen LogP contribution is -2.34. The number of ether oxygens (including phenoxy) is 1. The number of rotatable bonds is 1. The molecule has 4 nitrogen and oxygen atoms in total. The van der Waals surface area contributed by atoms with E-state index in [2.05, 4.69) is 27.1 Å². The number of halogens is 2. The van der Waals surface area contributed by atoms with Gasteiger partial charge in [0.25, 0.3) is 0 Å². The molecule has 0 aliphatic carbocycles. The monoisotopic (exact) mass is 335 g/mol. The fraction of sp³-hybridized carbons (Fsp3) is 0.286. The Bertz CT molecular complexity index is 704. The molecule has 20 heavy (non-hydrogen) atoms. The maximum atomic E-state index is 13.0. The van der Waals surface area contributed by atoms with Crippen molar-refractivity contribution >= 4 is 15.9 Å². The van der Waals surface area contributed by atoms with E-state index < -0.39 is 5.41 Å². The highest BCUT2D eigenvalue weighted by Gasteiger charge is 2.34. The summed E-state index contributed by atoms with van der Waals surface area (Å²) in [5.74, 6) is 0.319. The van der Waals surface area contributed by atoms with Gasteiger partial charge in [-0.3, -0.25) is 0 Å². The Morgan fingerprint density at radius 2 is 2.15 bits per heavy atom. The summed E-state index contributed by atoms with van der Waals surface area (Å²) in [5, 5.41) is 13.6. The van der Waals surface area contributed by atoms with Gasteiger partial charge in [-0.2, -0.15) is 10.4 Å². The molecule has 0 radical (unpaired) electrons. The molecule has 0 N–H and O–H groups in total. The van der Waals surface area contributed by atoms with E-state index >= 15 is 0 Å². The second-order valence-electron chi connectivity index (χ2n) is 5.09. The summed E-state index contributed by atoms with van der Waals surface area (Å²) < 4.78 is 21.0. The van der Waals surface area contributed by atoms with E-state index in [1.165, 1.54) is 12.1 Å². The average Bonchev–Trinajstić information content (AvgIpc) is 2.76. The summed E-state index contributed by atoms with van der Waals surface area (Å²) in [6.45, 7) is 2.64. The predicted octanol–water partition coefficient (Wildman–Crippen LogP) is 3.37. The van der Waals surface area contributed by atoms with Crippen molar-refractivity contribution in [1.29, 1.82) is 5.26 Å². The molecule has 1 aromatic heterocycles. The third-order valence-corrected chi connectivity index (χ3v) is 3.98. The van der Waals surface area contributed by atoms with E-state index in [1.54, 1.807) is 16.8 Å². The summed E-state index contributed by atoms with van der Waals surface area (Å²) in [6, 6.07) is 8.35. The summed E-state index contributed by atoms with van der Waals surface area (Å²) in [4.78, 5) is 0. The zero-order chi connectivity index (χ0) is 14.3. The smallest absolute Gasteiger partial charge is 0.227 e. The second kappa shape index (κ2) is 4.60. The lowest BCUT2D eigenvalue weighted by molar-refractivity contribution is 0.128.